The largest absolute Gasteiger partial charge is 0.379 e. The number of nitrogens with zero attached hydrogens (tertiary/aromatic N) is 5. The van der Waals surface area contributed by atoms with Crippen molar-refractivity contribution in [1.29, 1.82) is 0 Å². The standard InChI is InChI=1S/C24H27N7O3S2/c1-17-23-22(20-5-3-4-6-21(20)36(32,33)29(23)2)28-31(17)19-9-7-18(8-10-19)15-26-27-24(35)25-16-30-11-13-34-14-12-30/h3-10,15H,11-14,16H2,1-2H3,(H2,25,27,35)/b26-15+. The van der Waals surface area contributed by atoms with Gasteiger partial charge in [0, 0.05) is 25.7 Å². The maximum absolute atomic E-state index is 13.0. The fourth-order valence-corrected chi connectivity index (χ4v) is 5.87. The van der Waals surface area contributed by atoms with Crippen LogP contribution in [0.2, 0.25) is 0 Å². The summed E-state index contributed by atoms with van der Waals surface area (Å²) in [6, 6.07) is 14.6. The quantitative estimate of drug-likeness (QED) is 0.297. The minimum absolute atomic E-state index is 0.265. The van der Waals surface area contributed by atoms with E-state index < -0.39 is 10.0 Å². The van der Waals surface area contributed by atoms with Crippen molar-refractivity contribution in [3.63, 3.8) is 0 Å². The van der Waals surface area contributed by atoms with Gasteiger partial charge in [0.1, 0.15) is 11.4 Å². The fourth-order valence-electron chi connectivity index (χ4n) is 4.31. The molecule has 2 N–H and O–H groups in total. The Morgan fingerprint density at radius 3 is 2.64 bits per heavy atom. The predicted molar refractivity (Wildman–Crippen MR) is 143 cm³/mol. The van der Waals surface area contributed by atoms with E-state index in [0.717, 1.165) is 43.2 Å². The number of benzene rings is 2. The van der Waals surface area contributed by atoms with Crippen molar-refractivity contribution in [2.75, 3.05) is 44.3 Å². The molecular weight excluding hydrogens is 498 g/mol. The van der Waals surface area contributed by atoms with Gasteiger partial charge in [0.15, 0.2) is 5.11 Å². The van der Waals surface area contributed by atoms with Crippen LogP contribution in [0.5, 0.6) is 0 Å². The smallest absolute Gasteiger partial charge is 0.264 e. The van der Waals surface area contributed by atoms with E-state index >= 15 is 0 Å². The Bertz CT molecular complexity index is 1410. The summed E-state index contributed by atoms with van der Waals surface area (Å²) in [5.41, 5.74) is 7.11. The molecule has 2 aliphatic rings. The Morgan fingerprint density at radius 1 is 1.17 bits per heavy atom. The topological polar surface area (TPSA) is 104 Å². The van der Waals surface area contributed by atoms with Crippen LogP contribution < -0.4 is 15.0 Å². The Kier molecular flexibility index (Phi) is 6.75. The zero-order valence-corrected chi connectivity index (χ0v) is 21.6. The third-order valence-electron chi connectivity index (χ3n) is 6.26. The molecule has 12 heteroatoms. The number of hydrogen-bond acceptors (Lipinski definition) is 7. The molecule has 1 fully saturated rings. The van der Waals surface area contributed by atoms with Gasteiger partial charge in [0.05, 0.1) is 42.4 Å². The second-order valence-electron chi connectivity index (χ2n) is 8.52. The van der Waals surface area contributed by atoms with Crippen molar-refractivity contribution in [2.45, 2.75) is 11.8 Å². The van der Waals surface area contributed by atoms with E-state index in [0.29, 0.717) is 28.7 Å². The molecule has 3 heterocycles. The zero-order valence-electron chi connectivity index (χ0n) is 20.0. The number of sulfonamides is 1. The van der Waals surface area contributed by atoms with Crippen LogP contribution >= 0.6 is 12.2 Å². The lowest BCUT2D eigenvalue weighted by atomic mass is 10.1. The molecule has 0 amide bonds. The van der Waals surface area contributed by atoms with Gasteiger partial charge in [0.2, 0.25) is 0 Å². The van der Waals surface area contributed by atoms with Crippen molar-refractivity contribution < 1.29 is 13.2 Å². The molecule has 0 atom stereocenters. The Hall–Kier alpha value is -3.32. The first-order chi connectivity index (χ1) is 17.4. The van der Waals surface area contributed by atoms with E-state index in [1.54, 1.807) is 36.1 Å². The van der Waals surface area contributed by atoms with Gasteiger partial charge in [-0.05, 0) is 42.9 Å². The molecule has 0 unspecified atom stereocenters. The van der Waals surface area contributed by atoms with Gasteiger partial charge < -0.3 is 10.1 Å². The van der Waals surface area contributed by atoms with E-state index in [1.807, 2.05) is 37.3 Å². The maximum Gasteiger partial charge on any atom is 0.264 e. The molecular formula is C24H27N7O3S2. The average molecular weight is 526 g/mol. The Labute approximate surface area is 215 Å². The Morgan fingerprint density at radius 2 is 1.89 bits per heavy atom. The van der Waals surface area contributed by atoms with Gasteiger partial charge in [-0.15, -0.1) is 0 Å². The van der Waals surface area contributed by atoms with E-state index in [1.165, 1.54) is 4.31 Å². The van der Waals surface area contributed by atoms with Crippen molar-refractivity contribution >= 4 is 39.3 Å². The molecule has 0 saturated carbocycles. The number of anilines is 1. The number of ether oxygens (including phenoxy) is 1. The van der Waals surface area contributed by atoms with Crippen LogP contribution in [-0.2, 0) is 14.8 Å². The van der Waals surface area contributed by atoms with Crippen LogP contribution in [0.4, 0.5) is 5.69 Å². The van der Waals surface area contributed by atoms with Crippen molar-refractivity contribution in [3.8, 4) is 16.9 Å². The fraction of sp³-hybridized carbons (Fsp3) is 0.292. The van der Waals surface area contributed by atoms with Gasteiger partial charge in [-0.3, -0.25) is 14.6 Å². The van der Waals surface area contributed by atoms with Gasteiger partial charge in [-0.1, -0.05) is 30.3 Å². The van der Waals surface area contributed by atoms with Crippen LogP contribution in [0.25, 0.3) is 16.9 Å². The lowest BCUT2D eigenvalue weighted by molar-refractivity contribution is 0.0366. The lowest BCUT2D eigenvalue weighted by Crippen LogP contribution is -2.45. The van der Waals surface area contributed by atoms with Crippen LogP contribution in [0.15, 0.2) is 58.5 Å². The van der Waals surface area contributed by atoms with E-state index in [9.17, 15) is 8.42 Å². The normalized spacial score (nSPS) is 17.0. The summed E-state index contributed by atoms with van der Waals surface area (Å²) in [6.45, 7) is 5.74. The van der Waals surface area contributed by atoms with E-state index in [4.69, 9.17) is 22.1 Å². The van der Waals surface area contributed by atoms with Crippen molar-refractivity contribution in [2.24, 2.45) is 5.10 Å². The number of aromatic nitrogens is 2. The van der Waals surface area contributed by atoms with E-state index in [-0.39, 0.29) is 4.90 Å². The summed E-state index contributed by atoms with van der Waals surface area (Å²) in [5, 5.41) is 12.6. The molecule has 0 radical (unpaired) electrons. The number of morpholine rings is 1. The molecule has 2 aromatic carbocycles. The van der Waals surface area contributed by atoms with Crippen LogP contribution in [-0.4, -0.2) is 74.4 Å². The van der Waals surface area contributed by atoms with Crippen LogP contribution in [0.1, 0.15) is 11.3 Å². The molecule has 0 aliphatic carbocycles. The molecule has 3 aromatic rings. The van der Waals surface area contributed by atoms with Gasteiger partial charge in [-0.2, -0.15) is 10.2 Å². The summed E-state index contributed by atoms with van der Waals surface area (Å²) in [6.07, 6.45) is 1.68. The molecule has 0 spiro atoms. The predicted octanol–water partition coefficient (Wildman–Crippen LogP) is 2.07. The number of hydrogen-bond donors (Lipinski definition) is 2. The molecule has 188 valence electrons. The molecule has 1 saturated heterocycles. The number of nitrogens with one attached hydrogen (secondary N) is 2. The second kappa shape index (κ2) is 9.97. The summed E-state index contributed by atoms with van der Waals surface area (Å²) in [7, 11) is -2.06. The minimum atomic E-state index is -3.63. The maximum atomic E-state index is 13.0. The highest BCUT2D eigenvalue weighted by Gasteiger charge is 2.36. The average Bonchev–Trinajstić information content (AvgIpc) is 3.24. The molecule has 0 bridgehead atoms. The molecule has 1 aromatic heterocycles. The highest BCUT2D eigenvalue weighted by molar-refractivity contribution is 7.93. The monoisotopic (exact) mass is 525 g/mol. The summed E-state index contributed by atoms with van der Waals surface area (Å²) < 4.78 is 34.5. The first-order valence-electron chi connectivity index (χ1n) is 11.5. The van der Waals surface area contributed by atoms with Crippen LogP contribution in [0, 0.1) is 6.92 Å². The van der Waals surface area contributed by atoms with Gasteiger partial charge in [0.25, 0.3) is 10.0 Å². The SMILES string of the molecule is Cc1c2c(nn1-c1ccc(/C=N/NC(=S)NCN3CCOCC3)cc1)-c1ccccc1S(=O)(=O)N2C. The second-order valence-corrected chi connectivity index (χ2v) is 10.9. The highest BCUT2D eigenvalue weighted by Crippen LogP contribution is 2.43. The summed E-state index contributed by atoms with van der Waals surface area (Å²) in [5.74, 6) is 0. The van der Waals surface area contributed by atoms with Crippen molar-refractivity contribution in [1.82, 2.24) is 25.4 Å². The molecule has 5 rings (SSSR count). The third-order valence-corrected chi connectivity index (χ3v) is 8.32. The summed E-state index contributed by atoms with van der Waals surface area (Å²) in [4.78, 5) is 2.49. The minimum Gasteiger partial charge on any atom is -0.379 e. The van der Waals surface area contributed by atoms with E-state index in [2.05, 4.69) is 20.7 Å². The lowest BCUT2D eigenvalue weighted by Gasteiger charge is -2.26. The number of fused-ring (bicyclic) bond motifs is 3. The summed E-state index contributed by atoms with van der Waals surface area (Å²) >= 11 is 5.28. The third kappa shape index (κ3) is 4.60. The van der Waals surface area contributed by atoms with Crippen LogP contribution in [0.3, 0.4) is 0 Å². The molecule has 2 aliphatic heterocycles. The first kappa shape index (κ1) is 24.4. The zero-order chi connectivity index (χ0) is 25.3. The Balaban J connectivity index is 1.29. The molecule has 10 nitrogen and oxygen atoms in total. The van der Waals surface area contributed by atoms with Gasteiger partial charge >= 0.3 is 0 Å². The molecule has 36 heavy (non-hydrogen) atoms. The number of thiocarbonyl (C=S) groups is 1. The van der Waals surface area contributed by atoms with Gasteiger partial charge in [-0.25, -0.2) is 13.1 Å². The number of rotatable bonds is 5. The van der Waals surface area contributed by atoms with Crippen molar-refractivity contribution in [3.05, 3.63) is 59.8 Å². The first-order valence-corrected chi connectivity index (χ1v) is 13.4. The highest BCUT2D eigenvalue weighted by atomic mass is 32.2. The number of hydrazone groups is 1.